The fraction of sp³-hybridized carbons (Fsp3) is 0.222. The van der Waals surface area contributed by atoms with Crippen LogP contribution in [0, 0.1) is 6.92 Å². The molecule has 1 amide bonds. The van der Waals surface area contributed by atoms with Crippen LogP contribution < -0.4 is 9.62 Å². The number of aromatic nitrogens is 2. The Morgan fingerprint density at radius 1 is 1.05 bits per heavy atom. The summed E-state index contributed by atoms with van der Waals surface area (Å²) in [7, 11) is -3.76. The maximum absolute atomic E-state index is 13.3. The van der Waals surface area contributed by atoms with E-state index >= 15 is 0 Å². The average Bonchev–Trinajstić information content (AvgIpc) is 3.34. The maximum Gasteiger partial charge on any atom is 0.259 e. The number of hydrogen-bond donors (Lipinski definition) is 1. The number of sulfonamides is 1. The van der Waals surface area contributed by atoms with Crippen LogP contribution in [0.2, 0.25) is 0 Å². The Kier molecular flexibility index (Phi) is 6.89. The van der Waals surface area contributed by atoms with Gasteiger partial charge in [0.05, 0.1) is 22.2 Å². The Hall–Kier alpha value is -3.47. The summed E-state index contributed by atoms with van der Waals surface area (Å²) in [6.45, 7) is 6.19. The fourth-order valence-corrected chi connectivity index (χ4v) is 6.42. The van der Waals surface area contributed by atoms with Gasteiger partial charge >= 0.3 is 0 Å². The van der Waals surface area contributed by atoms with E-state index in [1.165, 1.54) is 11.8 Å². The van der Waals surface area contributed by atoms with Crippen LogP contribution in [0.5, 0.6) is 0 Å². The first-order valence-electron chi connectivity index (χ1n) is 11.9. The predicted molar refractivity (Wildman–Crippen MR) is 142 cm³/mol. The van der Waals surface area contributed by atoms with Gasteiger partial charge in [0.25, 0.3) is 5.91 Å². The van der Waals surface area contributed by atoms with Crippen LogP contribution in [0.25, 0.3) is 11.4 Å². The lowest BCUT2D eigenvalue weighted by molar-refractivity contribution is 0.0984. The lowest BCUT2D eigenvalue weighted by atomic mass is 10.1. The quantitative estimate of drug-likeness (QED) is 0.329. The van der Waals surface area contributed by atoms with Crippen LogP contribution in [-0.4, -0.2) is 31.0 Å². The van der Waals surface area contributed by atoms with Crippen molar-refractivity contribution in [1.29, 1.82) is 0 Å². The number of anilines is 1. The van der Waals surface area contributed by atoms with Crippen molar-refractivity contribution in [2.45, 2.75) is 47.9 Å². The normalized spacial score (nSPS) is 14.1. The number of aryl methyl sites for hydroxylation is 1. The van der Waals surface area contributed by atoms with Crippen LogP contribution in [0.4, 0.5) is 5.69 Å². The molecule has 3 aromatic carbocycles. The summed E-state index contributed by atoms with van der Waals surface area (Å²) >= 11 is 1.52. The first-order valence-corrected chi connectivity index (χ1v) is 14.2. The molecule has 4 aromatic rings. The van der Waals surface area contributed by atoms with Crippen molar-refractivity contribution < 1.29 is 17.7 Å². The number of benzene rings is 3. The highest BCUT2D eigenvalue weighted by Gasteiger charge is 2.28. The van der Waals surface area contributed by atoms with Gasteiger partial charge in [-0.05, 0) is 62.7 Å². The van der Waals surface area contributed by atoms with Crippen LogP contribution in [0.15, 0.2) is 85.9 Å². The molecule has 0 bridgehead atoms. The van der Waals surface area contributed by atoms with Crippen molar-refractivity contribution in [3.63, 3.8) is 0 Å². The number of rotatable bonds is 7. The van der Waals surface area contributed by atoms with Crippen LogP contribution >= 0.6 is 11.8 Å². The molecule has 2 heterocycles. The standard InChI is InChI=1S/C27H26N4O4S2/c1-4-15-31-22-14-11-19(16-24(22)36-23-8-6-5-7-21(23)27(31)32)25-28-26(35-29-25)18(3)30-37(33,34)20-12-9-17(2)10-13-20/h5-14,16,18,30H,4,15H2,1-3H3. The second-order valence-electron chi connectivity index (χ2n) is 8.85. The highest BCUT2D eigenvalue weighted by molar-refractivity contribution is 7.99. The van der Waals surface area contributed by atoms with E-state index in [1.807, 2.05) is 61.2 Å². The lowest BCUT2D eigenvalue weighted by Crippen LogP contribution is -2.31. The van der Waals surface area contributed by atoms with E-state index in [4.69, 9.17) is 4.52 Å². The largest absolute Gasteiger partial charge is 0.337 e. The van der Waals surface area contributed by atoms with Gasteiger partial charge in [-0.1, -0.05) is 53.7 Å². The zero-order valence-electron chi connectivity index (χ0n) is 20.6. The Labute approximate surface area is 220 Å². The summed E-state index contributed by atoms with van der Waals surface area (Å²) in [5.41, 5.74) is 3.19. The molecule has 1 N–H and O–H groups in total. The molecular weight excluding hydrogens is 508 g/mol. The Bertz CT molecular complexity index is 1570. The minimum atomic E-state index is -3.76. The maximum atomic E-state index is 13.3. The molecule has 37 heavy (non-hydrogen) atoms. The summed E-state index contributed by atoms with van der Waals surface area (Å²) in [5, 5.41) is 4.10. The van der Waals surface area contributed by atoms with Crippen molar-refractivity contribution in [3.05, 3.63) is 83.7 Å². The van der Waals surface area contributed by atoms with Crippen LogP contribution in [0.1, 0.15) is 48.1 Å². The number of carbonyl (C=O) groups excluding carboxylic acids is 1. The molecule has 8 nitrogen and oxygen atoms in total. The zero-order valence-corrected chi connectivity index (χ0v) is 22.3. The Balaban J connectivity index is 1.43. The van der Waals surface area contributed by atoms with Crippen molar-refractivity contribution >= 4 is 33.4 Å². The molecular formula is C27H26N4O4S2. The molecule has 190 valence electrons. The minimum absolute atomic E-state index is 0.0204. The second kappa shape index (κ2) is 10.1. The summed E-state index contributed by atoms with van der Waals surface area (Å²) in [4.78, 5) is 21.5. The summed E-state index contributed by atoms with van der Waals surface area (Å²) in [5.74, 6) is 0.472. The fourth-order valence-electron chi connectivity index (χ4n) is 4.11. The molecule has 0 fully saturated rings. The van der Waals surface area contributed by atoms with Crippen molar-refractivity contribution in [1.82, 2.24) is 14.9 Å². The number of fused-ring (bicyclic) bond motifs is 2. The molecule has 0 spiro atoms. The highest BCUT2D eigenvalue weighted by atomic mass is 32.2. The Morgan fingerprint density at radius 3 is 2.57 bits per heavy atom. The van der Waals surface area contributed by atoms with Gasteiger partial charge in [-0.25, -0.2) is 8.42 Å². The SMILES string of the molecule is CCCN1C(=O)c2ccccc2Sc2cc(-c3noc(C(C)NS(=O)(=O)c4ccc(C)cc4)n3)ccc21. The first-order chi connectivity index (χ1) is 17.8. The van der Waals surface area contributed by atoms with E-state index in [0.29, 0.717) is 23.5 Å². The van der Waals surface area contributed by atoms with Gasteiger partial charge in [-0.15, -0.1) is 0 Å². The molecule has 0 aliphatic carbocycles. The molecule has 0 saturated carbocycles. The van der Waals surface area contributed by atoms with Crippen molar-refractivity contribution in [3.8, 4) is 11.4 Å². The van der Waals surface area contributed by atoms with E-state index < -0.39 is 16.1 Å². The lowest BCUT2D eigenvalue weighted by Gasteiger charge is -2.22. The van der Waals surface area contributed by atoms with Gasteiger partial charge in [0.1, 0.15) is 0 Å². The van der Waals surface area contributed by atoms with Gasteiger partial charge in [-0.2, -0.15) is 9.71 Å². The van der Waals surface area contributed by atoms with Crippen LogP contribution in [0.3, 0.4) is 0 Å². The zero-order chi connectivity index (χ0) is 26.2. The van der Waals surface area contributed by atoms with Gasteiger partial charge in [0, 0.05) is 21.9 Å². The van der Waals surface area contributed by atoms with Crippen molar-refractivity contribution in [2.24, 2.45) is 0 Å². The second-order valence-corrected chi connectivity index (χ2v) is 11.6. The Morgan fingerprint density at radius 2 is 1.81 bits per heavy atom. The molecule has 1 unspecified atom stereocenters. The van der Waals surface area contributed by atoms with E-state index in [1.54, 1.807) is 31.2 Å². The number of hydrogen-bond acceptors (Lipinski definition) is 7. The van der Waals surface area contributed by atoms with Gasteiger partial charge in [0.15, 0.2) is 0 Å². The summed E-state index contributed by atoms with van der Waals surface area (Å²) < 4.78 is 33.6. The third kappa shape index (κ3) is 5.04. The minimum Gasteiger partial charge on any atom is -0.337 e. The predicted octanol–water partition coefficient (Wildman–Crippen LogP) is 5.61. The highest BCUT2D eigenvalue weighted by Crippen LogP contribution is 2.43. The first kappa shape index (κ1) is 25.2. The van der Waals surface area contributed by atoms with Crippen molar-refractivity contribution in [2.75, 3.05) is 11.4 Å². The van der Waals surface area contributed by atoms with Crippen LogP contribution in [-0.2, 0) is 10.0 Å². The van der Waals surface area contributed by atoms with Gasteiger partial charge in [0.2, 0.25) is 21.7 Å². The summed E-state index contributed by atoms with van der Waals surface area (Å²) in [6, 6.07) is 19.1. The number of nitrogens with zero attached hydrogens (tertiary/aromatic N) is 3. The summed E-state index contributed by atoms with van der Waals surface area (Å²) in [6.07, 6.45) is 0.824. The molecule has 1 aliphatic heterocycles. The monoisotopic (exact) mass is 534 g/mol. The molecule has 1 aromatic heterocycles. The van der Waals surface area contributed by atoms with E-state index in [-0.39, 0.29) is 16.7 Å². The van der Waals surface area contributed by atoms with Gasteiger partial charge < -0.3 is 9.42 Å². The van der Waals surface area contributed by atoms with E-state index in [2.05, 4.69) is 14.9 Å². The molecule has 1 atom stereocenters. The van der Waals surface area contributed by atoms with E-state index in [0.717, 1.165) is 27.5 Å². The number of nitrogens with one attached hydrogen (secondary N) is 1. The molecule has 0 saturated heterocycles. The van der Waals surface area contributed by atoms with Gasteiger partial charge in [-0.3, -0.25) is 4.79 Å². The van der Waals surface area contributed by atoms with E-state index in [9.17, 15) is 13.2 Å². The number of amides is 1. The topological polar surface area (TPSA) is 105 Å². The third-order valence-electron chi connectivity index (χ3n) is 6.01. The average molecular weight is 535 g/mol. The molecule has 10 heteroatoms. The molecule has 5 rings (SSSR count). The molecule has 0 radical (unpaired) electrons. The number of carbonyl (C=O) groups is 1. The smallest absolute Gasteiger partial charge is 0.259 e. The third-order valence-corrected chi connectivity index (χ3v) is 8.69. The molecule has 1 aliphatic rings.